The first-order valence-electron chi connectivity index (χ1n) is 12.1. The van der Waals surface area contributed by atoms with E-state index in [4.69, 9.17) is 14.2 Å². The lowest BCUT2D eigenvalue weighted by atomic mass is 9.90. The molecule has 0 radical (unpaired) electrons. The minimum atomic E-state index is -2.24. The molecule has 37 heavy (non-hydrogen) atoms. The Balaban J connectivity index is 1.25. The topological polar surface area (TPSA) is 101 Å². The Bertz CT molecular complexity index is 1510. The number of esters is 2. The summed E-state index contributed by atoms with van der Waals surface area (Å²) in [6.07, 6.45) is 0.427. The molecule has 10 heteroatoms. The molecule has 0 spiro atoms. The number of ether oxygens (including phenoxy) is 3. The number of aromatic amines is 1. The summed E-state index contributed by atoms with van der Waals surface area (Å²) in [5, 5.41) is 11.6. The third kappa shape index (κ3) is 4.00. The van der Waals surface area contributed by atoms with Crippen LogP contribution in [-0.4, -0.2) is 46.7 Å². The minimum Gasteiger partial charge on any atom is -0.418 e. The van der Waals surface area contributed by atoms with Crippen molar-refractivity contribution >= 4 is 50.1 Å². The van der Waals surface area contributed by atoms with Crippen LogP contribution < -0.4 is 9.64 Å². The molecule has 0 saturated carbocycles. The molecule has 0 amide bonds. The van der Waals surface area contributed by atoms with Crippen molar-refractivity contribution in [3.63, 3.8) is 0 Å². The summed E-state index contributed by atoms with van der Waals surface area (Å²) in [7, 11) is 0. The van der Waals surface area contributed by atoms with Gasteiger partial charge in [0.25, 0.3) is 0 Å². The van der Waals surface area contributed by atoms with Crippen LogP contribution in [0.15, 0.2) is 48.5 Å². The molecule has 2 aromatic heterocycles. The Morgan fingerprint density at radius 3 is 2.62 bits per heavy atom. The molecule has 3 atom stereocenters. The standard InChI is InChI=1S/C27H25FN2O6S/c1-14-11-16(23-12-17-19(28)5-3-8-22(17)37-23)9-10-30(14)24-13-18-20(29-24)6-4-7-21(18)34-27(15(2)31)35-25(32)26(33)36-27/h3-8,12-16,29,31H,9-11H2,1-2H3/t14-,15-,16+/m0/s1. The average molecular weight is 525 g/mol. The van der Waals surface area contributed by atoms with Gasteiger partial charge >= 0.3 is 17.9 Å². The third-order valence-electron chi connectivity index (χ3n) is 7.13. The highest BCUT2D eigenvalue weighted by Crippen LogP contribution is 2.41. The summed E-state index contributed by atoms with van der Waals surface area (Å²) in [4.78, 5) is 30.3. The number of benzene rings is 2. The number of anilines is 1. The SMILES string of the molecule is C[C@H](O)C1(Oc2cccc3[nH]c(N4CC[C@@H](c5cc6c(F)cccc6s5)C[C@@H]4C)cc23)OC(=O)C(=O)O1. The summed E-state index contributed by atoms with van der Waals surface area (Å²) >= 11 is 1.67. The number of nitrogens with zero attached hydrogens (tertiary/aromatic N) is 1. The van der Waals surface area contributed by atoms with Gasteiger partial charge in [-0.3, -0.25) is 0 Å². The summed E-state index contributed by atoms with van der Waals surface area (Å²) < 4.78 is 31.0. The maximum absolute atomic E-state index is 14.2. The number of hydrogen-bond acceptors (Lipinski definition) is 8. The minimum absolute atomic E-state index is 0.180. The molecular weight excluding hydrogens is 499 g/mol. The van der Waals surface area contributed by atoms with Gasteiger partial charge in [0.2, 0.25) is 0 Å². The second-order valence-corrected chi connectivity index (χ2v) is 10.7. The van der Waals surface area contributed by atoms with Crippen molar-refractivity contribution in [2.45, 2.75) is 50.7 Å². The predicted octanol–water partition coefficient (Wildman–Crippen LogP) is 4.81. The smallest absolute Gasteiger partial charge is 0.418 e. The molecule has 2 fully saturated rings. The number of carbonyl (C=O) groups excluding carboxylic acids is 2. The first-order chi connectivity index (χ1) is 17.7. The molecule has 2 aliphatic rings. The normalized spacial score (nSPS) is 22.3. The molecule has 4 heterocycles. The Morgan fingerprint density at radius 2 is 1.92 bits per heavy atom. The average Bonchev–Trinajstić information content (AvgIpc) is 3.56. The number of aromatic nitrogens is 1. The molecule has 2 aliphatic heterocycles. The monoisotopic (exact) mass is 524 g/mol. The highest BCUT2D eigenvalue weighted by Gasteiger charge is 2.56. The molecule has 8 nitrogen and oxygen atoms in total. The summed E-state index contributed by atoms with van der Waals surface area (Å²) in [5.41, 5.74) is 0.776. The van der Waals surface area contributed by atoms with Gasteiger partial charge in [-0.05, 0) is 69.0 Å². The summed E-state index contributed by atoms with van der Waals surface area (Å²) in [5.74, 6) is -3.33. The van der Waals surface area contributed by atoms with Crippen LogP contribution in [0, 0.1) is 5.82 Å². The number of rotatable bonds is 5. The predicted molar refractivity (Wildman–Crippen MR) is 136 cm³/mol. The van der Waals surface area contributed by atoms with Crippen molar-refractivity contribution in [3.8, 4) is 5.75 Å². The van der Waals surface area contributed by atoms with Crippen LogP contribution in [0.1, 0.15) is 37.5 Å². The molecule has 2 saturated heterocycles. The molecule has 6 rings (SSSR count). The lowest BCUT2D eigenvalue weighted by Gasteiger charge is -2.38. The third-order valence-corrected chi connectivity index (χ3v) is 8.39. The fourth-order valence-corrected chi connectivity index (χ4v) is 6.43. The molecule has 2 aromatic carbocycles. The van der Waals surface area contributed by atoms with E-state index in [0.29, 0.717) is 22.4 Å². The van der Waals surface area contributed by atoms with Crippen molar-refractivity contribution in [1.29, 1.82) is 0 Å². The maximum atomic E-state index is 14.2. The molecule has 0 unspecified atom stereocenters. The van der Waals surface area contributed by atoms with E-state index in [0.717, 1.165) is 35.4 Å². The number of thiophene rings is 1. The summed E-state index contributed by atoms with van der Waals surface area (Å²) in [6.45, 7) is 4.28. The van der Waals surface area contributed by atoms with Crippen molar-refractivity contribution in [2.24, 2.45) is 0 Å². The zero-order chi connectivity index (χ0) is 25.9. The first-order valence-corrected chi connectivity index (χ1v) is 13.0. The number of aliphatic hydroxyl groups excluding tert-OH is 1. The zero-order valence-corrected chi connectivity index (χ0v) is 21.0. The van der Waals surface area contributed by atoms with Crippen molar-refractivity contribution < 1.29 is 33.3 Å². The van der Waals surface area contributed by atoms with Gasteiger partial charge in [0.15, 0.2) is 6.10 Å². The summed E-state index contributed by atoms with van der Waals surface area (Å²) in [6, 6.07) is 14.7. The lowest BCUT2D eigenvalue weighted by Crippen LogP contribution is -2.47. The van der Waals surface area contributed by atoms with E-state index in [2.05, 4.69) is 16.8 Å². The zero-order valence-electron chi connectivity index (χ0n) is 20.2. The second-order valence-electron chi connectivity index (χ2n) is 9.60. The van der Waals surface area contributed by atoms with Gasteiger partial charge in [-0.25, -0.2) is 14.0 Å². The number of piperidine rings is 1. The van der Waals surface area contributed by atoms with Gasteiger partial charge in [0.1, 0.15) is 17.4 Å². The van der Waals surface area contributed by atoms with Crippen LogP contribution in [-0.2, 0) is 19.1 Å². The Hall–Kier alpha value is -3.63. The van der Waals surface area contributed by atoms with Crippen molar-refractivity contribution in [1.82, 2.24) is 4.98 Å². The molecule has 0 aliphatic carbocycles. The van der Waals surface area contributed by atoms with Gasteiger partial charge in [-0.1, -0.05) is 12.1 Å². The van der Waals surface area contributed by atoms with Gasteiger partial charge in [0, 0.05) is 32.9 Å². The second kappa shape index (κ2) is 8.74. The highest BCUT2D eigenvalue weighted by molar-refractivity contribution is 7.19. The van der Waals surface area contributed by atoms with Crippen molar-refractivity contribution in [3.05, 3.63) is 59.2 Å². The van der Waals surface area contributed by atoms with Gasteiger partial charge in [-0.15, -0.1) is 11.3 Å². The number of aliphatic hydroxyl groups is 1. The van der Waals surface area contributed by atoms with Gasteiger partial charge in [-0.2, -0.15) is 0 Å². The number of carbonyl (C=O) groups is 2. The number of hydrogen-bond donors (Lipinski definition) is 2. The fraction of sp³-hybridized carbons (Fsp3) is 0.333. The van der Waals surface area contributed by atoms with E-state index in [-0.39, 0.29) is 11.9 Å². The van der Waals surface area contributed by atoms with Crippen LogP contribution in [0.3, 0.4) is 0 Å². The van der Waals surface area contributed by atoms with Crippen LogP contribution in [0.25, 0.3) is 21.0 Å². The molecule has 2 N–H and O–H groups in total. The van der Waals surface area contributed by atoms with Crippen LogP contribution in [0.2, 0.25) is 0 Å². The lowest BCUT2D eigenvalue weighted by molar-refractivity contribution is -0.313. The van der Waals surface area contributed by atoms with E-state index < -0.39 is 24.0 Å². The highest BCUT2D eigenvalue weighted by atomic mass is 32.1. The Labute approximate surface area is 215 Å². The number of halogens is 1. The number of nitrogens with one attached hydrogen (secondary N) is 1. The van der Waals surface area contributed by atoms with E-state index >= 15 is 0 Å². The Kier molecular flexibility index (Phi) is 5.61. The van der Waals surface area contributed by atoms with Crippen molar-refractivity contribution in [2.75, 3.05) is 11.4 Å². The first kappa shape index (κ1) is 23.7. The fourth-order valence-electron chi connectivity index (χ4n) is 5.20. The van der Waals surface area contributed by atoms with Gasteiger partial charge in [0.05, 0.1) is 5.52 Å². The molecular formula is C27H25FN2O6S. The maximum Gasteiger partial charge on any atom is 0.449 e. The van der Waals surface area contributed by atoms with E-state index in [1.54, 1.807) is 29.5 Å². The van der Waals surface area contributed by atoms with E-state index in [1.807, 2.05) is 24.3 Å². The number of H-pyrrole nitrogens is 1. The van der Waals surface area contributed by atoms with Gasteiger partial charge < -0.3 is 29.2 Å². The molecule has 0 bridgehead atoms. The molecule has 4 aromatic rings. The van der Waals surface area contributed by atoms with Crippen LogP contribution in [0.5, 0.6) is 5.75 Å². The van der Waals surface area contributed by atoms with Crippen LogP contribution >= 0.6 is 11.3 Å². The molecule has 192 valence electrons. The number of cyclic esters (lactones) is 2. The van der Waals surface area contributed by atoms with E-state index in [1.165, 1.54) is 17.9 Å². The van der Waals surface area contributed by atoms with Crippen LogP contribution in [0.4, 0.5) is 10.2 Å². The largest absolute Gasteiger partial charge is 0.449 e. The van der Waals surface area contributed by atoms with E-state index in [9.17, 15) is 19.1 Å². The quantitative estimate of drug-likeness (QED) is 0.286. The number of fused-ring (bicyclic) bond motifs is 2. The Morgan fingerprint density at radius 1 is 1.16 bits per heavy atom.